The topological polar surface area (TPSA) is 74.6 Å². The van der Waals surface area contributed by atoms with Crippen molar-refractivity contribution >= 4 is 33.7 Å². The maximum absolute atomic E-state index is 14.1. The SMILES string of the molecule is CN[C@@H]1CCN(c2ncc(C(=O)Nc3cc(F)c4nc(C)cn4c3)s2)C1. The summed E-state index contributed by atoms with van der Waals surface area (Å²) in [7, 11) is 1.95. The third-order valence-corrected chi connectivity index (χ3v) is 5.53. The third-order valence-electron chi connectivity index (χ3n) is 4.47. The van der Waals surface area contributed by atoms with Gasteiger partial charge in [0.05, 0.1) is 17.6 Å². The summed E-state index contributed by atoms with van der Waals surface area (Å²) in [5.41, 5.74) is 1.34. The number of carbonyl (C=O) groups is 1. The van der Waals surface area contributed by atoms with E-state index in [1.54, 1.807) is 29.9 Å². The average Bonchev–Trinajstić information content (AvgIpc) is 3.32. The lowest BCUT2D eigenvalue weighted by Gasteiger charge is -2.14. The van der Waals surface area contributed by atoms with Crippen LogP contribution >= 0.6 is 11.3 Å². The molecule has 1 aliphatic rings. The molecule has 0 aliphatic carbocycles. The number of thiazole rings is 1. The first kappa shape index (κ1) is 16.9. The van der Waals surface area contributed by atoms with Crippen LogP contribution in [-0.4, -0.2) is 46.5 Å². The van der Waals surface area contributed by atoms with Gasteiger partial charge in [0.15, 0.2) is 16.6 Å². The molecule has 26 heavy (non-hydrogen) atoms. The molecule has 1 saturated heterocycles. The van der Waals surface area contributed by atoms with Gasteiger partial charge in [-0.05, 0) is 20.4 Å². The number of pyridine rings is 1. The molecule has 1 atom stereocenters. The van der Waals surface area contributed by atoms with Gasteiger partial charge in [-0.2, -0.15) is 0 Å². The Kier molecular flexibility index (Phi) is 4.33. The molecule has 3 aromatic rings. The zero-order valence-corrected chi connectivity index (χ0v) is 15.3. The normalized spacial score (nSPS) is 17.2. The second-order valence-corrected chi connectivity index (χ2v) is 7.38. The maximum atomic E-state index is 14.1. The first-order chi connectivity index (χ1) is 12.5. The van der Waals surface area contributed by atoms with E-state index in [0.717, 1.165) is 24.6 Å². The van der Waals surface area contributed by atoms with E-state index in [0.29, 0.717) is 22.3 Å². The summed E-state index contributed by atoms with van der Waals surface area (Å²) in [5, 5.41) is 6.83. The van der Waals surface area contributed by atoms with Crippen molar-refractivity contribution in [2.24, 2.45) is 0 Å². The minimum absolute atomic E-state index is 0.244. The molecular formula is C17H19FN6OS. The largest absolute Gasteiger partial charge is 0.346 e. The number of hydrogen-bond donors (Lipinski definition) is 2. The molecule has 4 heterocycles. The Morgan fingerprint density at radius 1 is 1.42 bits per heavy atom. The van der Waals surface area contributed by atoms with E-state index >= 15 is 0 Å². The van der Waals surface area contributed by atoms with E-state index in [1.165, 1.54) is 17.4 Å². The number of nitrogens with zero attached hydrogens (tertiary/aromatic N) is 4. The lowest BCUT2D eigenvalue weighted by Crippen LogP contribution is -2.29. The summed E-state index contributed by atoms with van der Waals surface area (Å²) in [6, 6.07) is 1.73. The average molecular weight is 374 g/mol. The van der Waals surface area contributed by atoms with E-state index in [1.807, 2.05) is 7.05 Å². The van der Waals surface area contributed by atoms with E-state index in [2.05, 4.69) is 25.5 Å². The molecule has 0 bridgehead atoms. The third kappa shape index (κ3) is 3.15. The molecule has 0 radical (unpaired) electrons. The fourth-order valence-corrected chi connectivity index (χ4v) is 3.97. The second kappa shape index (κ2) is 6.65. The molecule has 0 unspecified atom stereocenters. The summed E-state index contributed by atoms with van der Waals surface area (Å²) in [6.45, 7) is 3.59. The number of amides is 1. The molecule has 0 saturated carbocycles. The van der Waals surface area contributed by atoms with Crippen LogP contribution < -0.4 is 15.5 Å². The van der Waals surface area contributed by atoms with Crippen LogP contribution in [0.4, 0.5) is 15.2 Å². The van der Waals surface area contributed by atoms with E-state index in [4.69, 9.17) is 0 Å². The first-order valence-corrected chi connectivity index (χ1v) is 9.19. The molecule has 1 amide bonds. The number of hydrogen-bond acceptors (Lipinski definition) is 6. The van der Waals surface area contributed by atoms with Gasteiger partial charge in [0.2, 0.25) is 0 Å². The standard InChI is InChI=1S/C17H19FN6OS/c1-10-7-24-9-12(5-13(18)15(24)21-10)22-16(25)14-6-20-17(26-14)23-4-3-11(8-23)19-2/h5-7,9,11,19H,3-4,8H2,1-2H3,(H,22,25)/t11-/m1/s1. The Balaban J connectivity index is 1.50. The van der Waals surface area contributed by atoms with Crippen molar-refractivity contribution in [1.29, 1.82) is 0 Å². The lowest BCUT2D eigenvalue weighted by molar-refractivity contribution is 0.103. The van der Waals surface area contributed by atoms with Gasteiger partial charge >= 0.3 is 0 Å². The number of rotatable bonds is 4. The highest BCUT2D eigenvalue weighted by atomic mass is 32.1. The van der Waals surface area contributed by atoms with Crippen LogP contribution in [0.25, 0.3) is 5.65 Å². The number of fused-ring (bicyclic) bond motifs is 1. The summed E-state index contributed by atoms with van der Waals surface area (Å²) in [5.74, 6) is -0.773. The number of carbonyl (C=O) groups excluding carboxylic acids is 1. The van der Waals surface area contributed by atoms with Gasteiger partial charge in [-0.25, -0.2) is 14.4 Å². The number of halogens is 1. The van der Waals surface area contributed by atoms with Crippen molar-refractivity contribution in [2.45, 2.75) is 19.4 Å². The van der Waals surface area contributed by atoms with Crippen LogP contribution in [0, 0.1) is 12.7 Å². The second-order valence-electron chi connectivity index (χ2n) is 6.37. The highest BCUT2D eigenvalue weighted by Gasteiger charge is 2.24. The number of aryl methyl sites for hydroxylation is 1. The minimum Gasteiger partial charge on any atom is -0.346 e. The maximum Gasteiger partial charge on any atom is 0.267 e. The number of likely N-dealkylation sites (N-methyl/N-ethyl adjacent to an activating group) is 1. The highest BCUT2D eigenvalue weighted by Crippen LogP contribution is 2.27. The molecule has 7 nitrogen and oxygen atoms in total. The predicted octanol–water partition coefficient (Wildman–Crippen LogP) is 2.29. The molecule has 0 aromatic carbocycles. The Bertz CT molecular complexity index is 967. The van der Waals surface area contributed by atoms with Crippen molar-refractivity contribution in [3.8, 4) is 0 Å². The van der Waals surface area contributed by atoms with Crippen LogP contribution in [0.5, 0.6) is 0 Å². The molecule has 1 aliphatic heterocycles. The summed E-state index contributed by atoms with van der Waals surface area (Å²) in [4.78, 5) is 23.6. The summed E-state index contributed by atoms with van der Waals surface area (Å²) in [6.07, 6.45) is 5.99. The van der Waals surface area contributed by atoms with Gasteiger partial charge in [0, 0.05) is 37.6 Å². The molecular weight excluding hydrogens is 355 g/mol. The lowest BCUT2D eigenvalue weighted by atomic mass is 10.3. The quantitative estimate of drug-likeness (QED) is 0.733. The Morgan fingerprint density at radius 3 is 3.04 bits per heavy atom. The van der Waals surface area contributed by atoms with Crippen molar-refractivity contribution in [2.75, 3.05) is 30.4 Å². The molecule has 2 N–H and O–H groups in total. The number of anilines is 2. The van der Waals surface area contributed by atoms with Crippen LogP contribution in [0.3, 0.4) is 0 Å². The number of nitrogens with one attached hydrogen (secondary N) is 2. The Hall–Kier alpha value is -2.52. The van der Waals surface area contributed by atoms with Crippen LogP contribution in [0.15, 0.2) is 24.7 Å². The van der Waals surface area contributed by atoms with Crippen LogP contribution in [0.2, 0.25) is 0 Å². The fourth-order valence-electron chi connectivity index (χ4n) is 3.13. The van der Waals surface area contributed by atoms with E-state index < -0.39 is 5.82 Å². The minimum atomic E-state index is -0.476. The monoisotopic (exact) mass is 374 g/mol. The van der Waals surface area contributed by atoms with Gasteiger partial charge < -0.3 is 19.9 Å². The van der Waals surface area contributed by atoms with Crippen molar-refractivity contribution in [3.05, 3.63) is 41.0 Å². The number of imidazole rings is 1. The Morgan fingerprint density at radius 2 is 2.27 bits per heavy atom. The van der Waals surface area contributed by atoms with Crippen LogP contribution in [0.1, 0.15) is 21.8 Å². The molecule has 0 spiro atoms. The highest BCUT2D eigenvalue weighted by molar-refractivity contribution is 7.17. The van der Waals surface area contributed by atoms with Crippen molar-refractivity contribution < 1.29 is 9.18 Å². The van der Waals surface area contributed by atoms with Gasteiger partial charge in [-0.1, -0.05) is 11.3 Å². The summed E-state index contributed by atoms with van der Waals surface area (Å²) >= 11 is 1.34. The number of aromatic nitrogens is 3. The van der Waals surface area contributed by atoms with E-state index in [9.17, 15) is 9.18 Å². The van der Waals surface area contributed by atoms with Crippen LogP contribution in [-0.2, 0) is 0 Å². The van der Waals surface area contributed by atoms with Gasteiger partial charge in [-0.15, -0.1) is 0 Å². The van der Waals surface area contributed by atoms with Crippen molar-refractivity contribution in [1.82, 2.24) is 19.7 Å². The molecule has 9 heteroatoms. The zero-order chi connectivity index (χ0) is 18.3. The van der Waals surface area contributed by atoms with Gasteiger partial charge in [-0.3, -0.25) is 4.79 Å². The zero-order valence-electron chi connectivity index (χ0n) is 14.5. The predicted molar refractivity (Wildman–Crippen MR) is 99.6 cm³/mol. The van der Waals surface area contributed by atoms with Gasteiger partial charge in [0.25, 0.3) is 5.91 Å². The molecule has 3 aromatic heterocycles. The fraction of sp³-hybridized carbons (Fsp3) is 0.353. The smallest absolute Gasteiger partial charge is 0.267 e. The molecule has 136 valence electrons. The van der Waals surface area contributed by atoms with Gasteiger partial charge in [0.1, 0.15) is 4.88 Å². The summed E-state index contributed by atoms with van der Waals surface area (Å²) < 4.78 is 15.7. The molecule has 4 rings (SSSR count). The Labute approximate surface area is 153 Å². The van der Waals surface area contributed by atoms with E-state index in [-0.39, 0.29) is 11.6 Å². The first-order valence-electron chi connectivity index (χ1n) is 8.37. The van der Waals surface area contributed by atoms with Crippen molar-refractivity contribution in [3.63, 3.8) is 0 Å². The molecule has 1 fully saturated rings.